The maximum absolute atomic E-state index is 6.31. The number of hydrogen-bond acceptors (Lipinski definition) is 4. The van der Waals surface area contributed by atoms with Crippen LogP contribution in [0.15, 0.2) is 11.4 Å². The summed E-state index contributed by atoms with van der Waals surface area (Å²) < 4.78 is 10.9. The van der Waals surface area contributed by atoms with Crippen molar-refractivity contribution in [3.63, 3.8) is 0 Å². The molecule has 2 aliphatic rings. The molecule has 3 unspecified atom stereocenters. The van der Waals surface area contributed by atoms with Crippen molar-refractivity contribution in [1.82, 2.24) is 9.69 Å². The van der Waals surface area contributed by atoms with Gasteiger partial charge in [0.05, 0.1) is 23.9 Å². The Morgan fingerprint density at radius 3 is 2.94 bits per heavy atom. The Labute approximate surface area is 113 Å². The zero-order valence-corrected chi connectivity index (χ0v) is 12.2. The molecule has 3 atom stereocenters. The summed E-state index contributed by atoms with van der Waals surface area (Å²) in [7, 11) is 0. The second-order valence-corrected chi connectivity index (χ2v) is 7.23. The molecular formula is C14H22N2OS. The van der Waals surface area contributed by atoms with Gasteiger partial charge in [-0.05, 0) is 41.8 Å². The highest BCUT2D eigenvalue weighted by Gasteiger charge is 2.56. The van der Waals surface area contributed by atoms with Gasteiger partial charge in [-0.15, -0.1) is 0 Å². The molecule has 18 heavy (non-hydrogen) atoms. The van der Waals surface area contributed by atoms with Crippen molar-refractivity contribution in [1.29, 1.82) is 0 Å². The van der Waals surface area contributed by atoms with E-state index in [1.54, 1.807) is 0 Å². The molecule has 1 spiro atoms. The van der Waals surface area contributed by atoms with Crippen LogP contribution in [0.1, 0.15) is 45.3 Å². The summed E-state index contributed by atoms with van der Waals surface area (Å²) in [5.74, 6) is 0.576. The van der Waals surface area contributed by atoms with Crippen LogP contribution in [0, 0.1) is 11.3 Å². The predicted molar refractivity (Wildman–Crippen MR) is 73.7 cm³/mol. The normalized spacial score (nSPS) is 39.3. The Kier molecular flexibility index (Phi) is 3.00. The van der Waals surface area contributed by atoms with Crippen molar-refractivity contribution >= 4 is 11.5 Å². The third kappa shape index (κ3) is 1.91. The van der Waals surface area contributed by atoms with E-state index in [0.717, 1.165) is 25.3 Å². The lowest BCUT2D eigenvalue weighted by Crippen LogP contribution is -2.54. The molecule has 1 aromatic heterocycles. The van der Waals surface area contributed by atoms with E-state index in [0.29, 0.717) is 11.3 Å². The Morgan fingerprint density at radius 2 is 2.33 bits per heavy atom. The summed E-state index contributed by atoms with van der Waals surface area (Å²) >= 11 is 1.53. The number of rotatable bonds is 1. The fourth-order valence-corrected chi connectivity index (χ4v) is 4.55. The van der Waals surface area contributed by atoms with Crippen LogP contribution in [0.4, 0.5) is 0 Å². The number of hydrogen-bond donors (Lipinski definition) is 1. The molecule has 3 nitrogen and oxygen atoms in total. The Bertz CT molecular complexity index is 417. The standard InChI is InChI=1S/C14H22N2OS/c1-10-8-13(2,3)9-14(10)12(15-5-6-17-14)11-4-7-18-16-11/h4,7,10,12,15H,5-6,8-9H2,1-3H3. The minimum absolute atomic E-state index is 0.0597. The van der Waals surface area contributed by atoms with Gasteiger partial charge >= 0.3 is 0 Å². The van der Waals surface area contributed by atoms with Gasteiger partial charge < -0.3 is 10.1 Å². The molecule has 0 aromatic carbocycles. The average Bonchev–Trinajstić information content (AvgIpc) is 2.87. The highest BCUT2D eigenvalue weighted by molar-refractivity contribution is 7.03. The van der Waals surface area contributed by atoms with Crippen LogP contribution in [-0.2, 0) is 4.74 Å². The van der Waals surface area contributed by atoms with Crippen molar-refractivity contribution in [2.45, 2.75) is 45.3 Å². The fraction of sp³-hybridized carbons (Fsp3) is 0.786. The Balaban J connectivity index is 1.97. The third-order valence-electron chi connectivity index (χ3n) is 4.51. The first-order valence-corrected chi connectivity index (χ1v) is 7.65. The molecule has 2 heterocycles. The van der Waals surface area contributed by atoms with Gasteiger partial charge in [-0.3, -0.25) is 0 Å². The lowest BCUT2D eigenvalue weighted by atomic mass is 9.80. The lowest BCUT2D eigenvalue weighted by molar-refractivity contribution is -0.122. The first-order chi connectivity index (χ1) is 8.54. The maximum atomic E-state index is 6.31. The van der Waals surface area contributed by atoms with Gasteiger partial charge in [0.15, 0.2) is 0 Å². The van der Waals surface area contributed by atoms with E-state index >= 15 is 0 Å². The van der Waals surface area contributed by atoms with Crippen LogP contribution in [0.2, 0.25) is 0 Å². The quantitative estimate of drug-likeness (QED) is 0.848. The van der Waals surface area contributed by atoms with E-state index < -0.39 is 0 Å². The van der Waals surface area contributed by atoms with E-state index in [1.807, 2.05) is 0 Å². The number of nitrogens with zero attached hydrogens (tertiary/aromatic N) is 1. The van der Waals surface area contributed by atoms with E-state index in [9.17, 15) is 0 Å². The van der Waals surface area contributed by atoms with Crippen LogP contribution in [-0.4, -0.2) is 23.1 Å². The molecule has 1 aliphatic carbocycles. The molecule has 0 radical (unpaired) electrons. The molecule has 3 rings (SSSR count). The Morgan fingerprint density at radius 1 is 1.50 bits per heavy atom. The van der Waals surface area contributed by atoms with Gasteiger partial charge in [-0.25, -0.2) is 0 Å². The molecule has 1 saturated carbocycles. The van der Waals surface area contributed by atoms with Crippen molar-refractivity contribution < 1.29 is 4.74 Å². The molecule has 0 bridgehead atoms. The molecule has 4 heteroatoms. The largest absolute Gasteiger partial charge is 0.371 e. The summed E-state index contributed by atoms with van der Waals surface area (Å²) in [6.07, 6.45) is 2.35. The van der Waals surface area contributed by atoms with E-state index in [2.05, 4.69) is 41.9 Å². The summed E-state index contributed by atoms with van der Waals surface area (Å²) in [6.45, 7) is 8.79. The van der Waals surface area contributed by atoms with Gasteiger partial charge in [0, 0.05) is 11.9 Å². The van der Waals surface area contributed by atoms with Gasteiger partial charge in [0.2, 0.25) is 0 Å². The zero-order valence-electron chi connectivity index (χ0n) is 11.4. The van der Waals surface area contributed by atoms with Crippen LogP contribution < -0.4 is 5.32 Å². The van der Waals surface area contributed by atoms with E-state index in [4.69, 9.17) is 4.74 Å². The SMILES string of the molecule is CC1CC(C)(C)CC12OCCNC2c1ccsn1. The zero-order chi connectivity index (χ0) is 12.8. The van der Waals surface area contributed by atoms with Gasteiger partial charge in [-0.1, -0.05) is 20.8 Å². The van der Waals surface area contributed by atoms with E-state index in [-0.39, 0.29) is 11.6 Å². The highest BCUT2D eigenvalue weighted by Crippen LogP contribution is 2.55. The lowest BCUT2D eigenvalue weighted by Gasteiger charge is -2.44. The minimum Gasteiger partial charge on any atom is -0.371 e. The predicted octanol–water partition coefficient (Wildman–Crippen LogP) is 3.00. The van der Waals surface area contributed by atoms with Crippen LogP contribution >= 0.6 is 11.5 Å². The third-order valence-corrected chi connectivity index (χ3v) is 5.09. The van der Waals surface area contributed by atoms with Crippen molar-refractivity contribution in [3.05, 3.63) is 17.1 Å². The molecule has 1 aliphatic heterocycles. The first-order valence-electron chi connectivity index (χ1n) is 6.81. The number of nitrogens with one attached hydrogen (secondary N) is 1. The smallest absolute Gasteiger partial charge is 0.0923 e. The first kappa shape index (κ1) is 12.6. The van der Waals surface area contributed by atoms with Crippen LogP contribution in [0.5, 0.6) is 0 Å². The molecule has 0 amide bonds. The highest BCUT2D eigenvalue weighted by atomic mass is 32.1. The van der Waals surface area contributed by atoms with Crippen molar-refractivity contribution in [2.24, 2.45) is 11.3 Å². The number of aromatic nitrogens is 1. The minimum atomic E-state index is -0.0597. The second kappa shape index (κ2) is 4.29. The monoisotopic (exact) mass is 266 g/mol. The van der Waals surface area contributed by atoms with Crippen molar-refractivity contribution in [2.75, 3.05) is 13.2 Å². The molecule has 100 valence electrons. The molecule has 2 fully saturated rings. The second-order valence-electron chi connectivity index (χ2n) is 6.56. The molecule has 1 saturated heterocycles. The molecule has 1 aromatic rings. The van der Waals surface area contributed by atoms with Gasteiger partial charge in [0.25, 0.3) is 0 Å². The van der Waals surface area contributed by atoms with Crippen LogP contribution in [0.25, 0.3) is 0 Å². The van der Waals surface area contributed by atoms with E-state index in [1.165, 1.54) is 18.0 Å². The maximum Gasteiger partial charge on any atom is 0.0923 e. The van der Waals surface area contributed by atoms with Gasteiger partial charge in [-0.2, -0.15) is 4.37 Å². The Hall–Kier alpha value is -0.450. The number of morpholine rings is 1. The summed E-state index contributed by atoms with van der Waals surface area (Å²) in [5, 5.41) is 5.70. The molecule has 1 N–H and O–H groups in total. The fourth-order valence-electron chi connectivity index (χ4n) is 4.00. The molecular weight excluding hydrogens is 244 g/mol. The summed E-state index contributed by atoms with van der Waals surface area (Å²) in [6, 6.07) is 2.39. The van der Waals surface area contributed by atoms with Crippen molar-refractivity contribution in [3.8, 4) is 0 Å². The number of ether oxygens (including phenoxy) is 1. The van der Waals surface area contributed by atoms with Crippen LogP contribution in [0.3, 0.4) is 0 Å². The summed E-state index contributed by atoms with van der Waals surface area (Å²) in [5.41, 5.74) is 1.46. The topological polar surface area (TPSA) is 34.1 Å². The van der Waals surface area contributed by atoms with Gasteiger partial charge in [0.1, 0.15) is 0 Å². The summed E-state index contributed by atoms with van der Waals surface area (Å²) in [4.78, 5) is 0. The average molecular weight is 266 g/mol.